The molecule has 0 bridgehead atoms. The van der Waals surface area contributed by atoms with Gasteiger partial charge in [-0.25, -0.2) is 4.79 Å². The van der Waals surface area contributed by atoms with E-state index in [0.29, 0.717) is 19.8 Å². The minimum atomic E-state index is -1.23. The molecule has 0 aliphatic carbocycles. The number of carbonyl (C=O) groups is 1. The lowest BCUT2D eigenvalue weighted by Crippen LogP contribution is -2.66. The largest absolute Gasteiger partial charge is 0.352 e. The van der Waals surface area contributed by atoms with Crippen LogP contribution in [-0.2, 0) is 14.2 Å². The highest BCUT2D eigenvalue weighted by molar-refractivity contribution is 5.72. The van der Waals surface area contributed by atoms with Crippen LogP contribution in [-0.4, -0.2) is 37.9 Å². The van der Waals surface area contributed by atoms with E-state index in [1.54, 1.807) is 0 Å². The second-order valence-corrected chi connectivity index (χ2v) is 8.06. The van der Waals surface area contributed by atoms with Gasteiger partial charge in [-0.15, -0.1) is 0 Å². The molecule has 0 saturated heterocycles. The van der Waals surface area contributed by atoms with Crippen molar-refractivity contribution < 1.29 is 19.0 Å². The van der Waals surface area contributed by atoms with Crippen LogP contribution in [0.15, 0.2) is 0 Å². The second-order valence-electron chi connectivity index (χ2n) is 8.06. The summed E-state index contributed by atoms with van der Waals surface area (Å²) in [6, 6.07) is -0.714. The number of ether oxygens (including phenoxy) is 3. The van der Waals surface area contributed by atoms with Gasteiger partial charge in [0.15, 0.2) is 0 Å². The highest BCUT2D eigenvalue weighted by Crippen LogP contribution is 2.51. The molecule has 2 unspecified atom stereocenters. The lowest BCUT2D eigenvalue weighted by Gasteiger charge is -2.54. The van der Waals surface area contributed by atoms with Crippen LogP contribution >= 0.6 is 0 Å². The molecule has 6 heteroatoms. The van der Waals surface area contributed by atoms with Crippen molar-refractivity contribution in [1.29, 1.82) is 0 Å². The van der Waals surface area contributed by atoms with Crippen LogP contribution in [0.2, 0.25) is 0 Å². The first-order chi connectivity index (χ1) is 13.8. The Bertz CT molecular complexity index is 414. The number of nitrogens with one attached hydrogen (secondary N) is 1. The standard InChI is InChI=1S/C23H48N2O4/c1-8-13-14-15-16-17-20(25-21(24)26)22(18-9-2,19(6)7)23(27-10-3,28-11-4)29-12-5/h19-20H,8-18H2,1-7H3,(H3,24,25,26). The summed E-state index contributed by atoms with van der Waals surface area (Å²) in [5.74, 6) is -1.09. The number of nitrogens with two attached hydrogens (primary N) is 1. The number of amides is 2. The van der Waals surface area contributed by atoms with E-state index >= 15 is 0 Å². The molecule has 2 atom stereocenters. The predicted molar refractivity (Wildman–Crippen MR) is 120 cm³/mol. The van der Waals surface area contributed by atoms with Crippen molar-refractivity contribution >= 4 is 6.03 Å². The van der Waals surface area contributed by atoms with E-state index in [1.165, 1.54) is 19.3 Å². The van der Waals surface area contributed by atoms with Crippen molar-refractivity contribution in [2.75, 3.05) is 19.8 Å². The first-order valence-electron chi connectivity index (χ1n) is 11.8. The van der Waals surface area contributed by atoms with Gasteiger partial charge in [0.1, 0.15) is 0 Å². The van der Waals surface area contributed by atoms with Gasteiger partial charge < -0.3 is 25.3 Å². The molecule has 0 heterocycles. The van der Waals surface area contributed by atoms with Crippen molar-refractivity contribution in [3.8, 4) is 0 Å². The van der Waals surface area contributed by atoms with E-state index in [9.17, 15) is 4.79 Å². The van der Waals surface area contributed by atoms with E-state index in [2.05, 4.69) is 33.0 Å². The Morgan fingerprint density at radius 2 is 1.38 bits per heavy atom. The third kappa shape index (κ3) is 7.72. The van der Waals surface area contributed by atoms with Gasteiger partial charge in [-0.05, 0) is 39.5 Å². The number of hydrogen-bond donors (Lipinski definition) is 2. The minimum absolute atomic E-state index is 0.139. The van der Waals surface area contributed by atoms with Crippen LogP contribution in [0.4, 0.5) is 4.79 Å². The van der Waals surface area contributed by atoms with E-state index in [-0.39, 0.29) is 12.0 Å². The van der Waals surface area contributed by atoms with Crippen molar-refractivity contribution in [2.24, 2.45) is 17.1 Å². The molecule has 0 rings (SSSR count). The topological polar surface area (TPSA) is 82.8 Å². The second kappa shape index (κ2) is 15.0. The molecule has 0 aromatic rings. The number of unbranched alkanes of at least 4 members (excludes halogenated alkanes) is 4. The third-order valence-corrected chi connectivity index (χ3v) is 5.80. The summed E-state index contributed by atoms with van der Waals surface area (Å²) in [7, 11) is 0. The smallest absolute Gasteiger partial charge is 0.312 e. The van der Waals surface area contributed by atoms with Gasteiger partial charge in [0.25, 0.3) is 5.97 Å². The maximum absolute atomic E-state index is 12.0. The zero-order valence-corrected chi connectivity index (χ0v) is 20.1. The van der Waals surface area contributed by atoms with E-state index in [0.717, 1.165) is 32.1 Å². The third-order valence-electron chi connectivity index (χ3n) is 5.80. The molecular formula is C23H48N2O4. The molecule has 29 heavy (non-hydrogen) atoms. The highest BCUT2D eigenvalue weighted by Gasteiger charge is 2.60. The van der Waals surface area contributed by atoms with E-state index < -0.39 is 17.4 Å². The van der Waals surface area contributed by atoms with Crippen LogP contribution < -0.4 is 11.1 Å². The van der Waals surface area contributed by atoms with Crippen LogP contribution in [0.25, 0.3) is 0 Å². The average Bonchev–Trinajstić information content (AvgIpc) is 2.65. The number of primary amides is 1. The summed E-state index contributed by atoms with van der Waals surface area (Å²) in [5.41, 5.74) is 5.07. The van der Waals surface area contributed by atoms with Crippen molar-refractivity contribution in [3.63, 3.8) is 0 Å². The fourth-order valence-corrected chi connectivity index (χ4v) is 4.68. The summed E-state index contributed by atoms with van der Waals surface area (Å²) in [6.07, 6.45) is 8.33. The fraction of sp³-hybridized carbons (Fsp3) is 0.957. The summed E-state index contributed by atoms with van der Waals surface area (Å²) < 4.78 is 18.8. The Hall–Kier alpha value is -0.850. The Balaban J connectivity index is 6.23. The monoisotopic (exact) mass is 416 g/mol. The maximum Gasteiger partial charge on any atom is 0.312 e. The Morgan fingerprint density at radius 1 is 0.862 bits per heavy atom. The molecule has 0 aliphatic heterocycles. The van der Waals surface area contributed by atoms with Crippen LogP contribution in [0.1, 0.15) is 99.8 Å². The summed E-state index contributed by atoms with van der Waals surface area (Å²) >= 11 is 0. The minimum Gasteiger partial charge on any atom is -0.352 e. The van der Waals surface area contributed by atoms with Gasteiger partial charge in [-0.1, -0.05) is 66.2 Å². The first-order valence-corrected chi connectivity index (χ1v) is 11.8. The highest BCUT2D eigenvalue weighted by atomic mass is 16.9. The first kappa shape index (κ1) is 28.1. The lowest BCUT2D eigenvalue weighted by molar-refractivity contribution is -0.440. The Morgan fingerprint density at radius 3 is 1.76 bits per heavy atom. The molecule has 0 spiro atoms. The molecule has 6 nitrogen and oxygen atoms in total. The number of rotatable bonds is 18. The lowest BCUT2D eigenvalue weighted by atomic mass is 9.64. The molecule has 174 valence electrons. The van der Waals surface area contributed by atoms with Gasteiger partial charge >= 0.3 is 6.03 Å². The number of carbonyl (C=O) groups excluding carboxylic acids is 1. The Labute approximate surface area is 179 Å². The summed E-state index contributed by atoms with van der Waals surface area (Å²) in [5, 5.41) is 3.06. The van der Waals surface area contributed by atoms with E-state index in [4.69, 9.17) is 19.9 Å². The SMILES string of the molecule is CCCCCCCC(NC(N)=O)C(CCC)(C(C)C)C(OCC)(OCC)OCC. The predicted octanol–water partition coefficient (Wildman–Crippen LogP) is 5.59. The van der Waals surface area contributed by atoms with Gasteiger partial charge in [-0.2, -0.15) is 0 Å². The molecular weight excluding hydrogens is 368 g/mol. The van der Waals surface area contributed by atoms with Crippen molar-refractivity contribution in [2.45, 2.75) is 112 Å². The summed E-state index contributed by atoms with van der Waals surface area (Å²) in [6.45, 7) is 15.9. The quantitative estimate of drug-likeness (QED) is 0.225. The van der Waals surface area contributed by atoms with Gasteiger partial charge in [0, 0.05) is 25.9 Å². The van der Waals surface area contributed by atoms with Gasteiger partial charge in [-0.3, -0.25) is 0 Å². The molecule has 0 saturated carbocycles. The van der Waals surface area contributed by atoms with Crippen molar-refractivity contribution in [1.82, 2.24) is 5.32 Å². The molecule has 0 aromatic heterocycles. The maximum atomic E-state index is 12.0. The number of hydrogen-bond acceptors (Lipinski definition) is 4. The molecule has 3 N–H and O–H groups in total. The number of urea groups is 1. The fourth-order valence-electron chi connectivity index (χ4n) is 4.68. The average molecular weight is 417 g/mol. The van der Waals surface area contributed by atoms with Crippen LogP contribution in [0.5, 0.6) is 0 Å². The zero-order valence-electron chi connectivity index (χ0n) is 20.1. The zero-order chi connectivity index (χ0) is 22.3. The summed E-state index contributed by atoms with van der Waals surface area (Å²) in [4.78, 5) is 12.0. The van der Waals surface area contributed by atoms with Crippen LogP contribution in [0.3, 0.4) is 0 Å². The van der Waals surface area contributed by atoms with Crippen LogP contribution in [0, 0.1) is 11.3 Å². The molecule has 2 amide bonds. The molecule has 0 radical (unpaired) electrons. The molecule has 0 aliphatic rings. The molecule has 0 fully saturated rings. The van der Waals surface area contributed by atoms with E-state index in [1.807, 2.05) is 20.8 Å². The van der Waals surface area contributed by atoms with Gasteiger partial charge in [0.2, 0.25) is 0 Å². The normalized spacial score (nSPS) is 15.3. The molecule has 0 aromatic carbocycles. The Kier molecular flexibility index (Phi) is 14.6. The van der Waals surface area contributed by atoms with Gasteiger partial charge in [0.05, 0.1) is 5.41 Å². The van der Waals surface area contributed by atoms with Crippen molar-refractivity contribution in [3.05, 3.63) is 0 Å².